The van der Waals surface area contributed by atoms with Crippen molar-refractivity contribution in [3.8, 4) is 0 Å². The van der Waals surface area contributed by atoms with E-state index in [1.54, 1.807) is 0 Å². The zero-order chi connectivity index (χ0) is 17.7. The van der Waals surface area contributed by atoms with E-state index in [-0.39, 0.29) is 25.3 Å². The summed E-state index contributed by atoms with van der Waals surface area (Å²) in [6, 6.07) is 7.83. The Bertz CT molecular complexity index is 538. The molecule has 134 valence electrons. The molecule has 1 amide bonds. The average molecular weight is 344 g/mol. The summed E-state index contributed by atoms with van der Waals surface area (Å²) in [4.78, 5) is 13.8. The molecule has 1 saturated heterocycles. The molecule has 0 radical (unpaired) electrons. The smallest absolute Gasteiger partial charge is 0.383 e. The minimum absolute atomic E-state index is 0.148. The van der Waals surface area contributed by atoms with Crippen LogP contribution in [-0.2, 0) is 11.3 Å². The van der Waals surface area contributed by atoms with Crippen LogP contribution in [0.25, 0.3) is 0 Å². The average Bonchev–Trinajstić information content (AvgIpc) is 2.53. The Balaban J connectivity index is 1.71. The summed E-state index contributed by atoms with van der Waals surface area (Å²) in [6.07, 6.45) is -6.36. The molecule has 24 heavy (non-hydrogen) atoms. The van der Waals surface area contributed by atoms with Crippen molar-refractivity contribution in [1.29, 1.82) is 0 Å². The van der Waals surface area contributed by atoms with Crippen LogP contribution in [0, 0.1) is 12.8 Å². The number of piperidine rings is 1. The molecule has 1 aliphatic rings. The number of hydrogen-bond donors (Lipinski definition) is 2. The number of halogens is 3. The van der Waals surface area contributed by atoms with Gasteiger partial charge in [0.15, 0.2) is 6.10 Å². The number of aryl methyl sites for hydroxylation is 1. The topological polar surface area (TPSA) is 52.6 Å². The second kappa shape index (κ2) is 7.98. The quantitative estimate of drug-likeness (QED) is 0.861. The number of nitrogens with zero attached hydrogens (tertiary/aromatic N) is 1. The monoisotopic (exact) mass is 344 g/mol. The van der Waals surface area contributed by atoms with Gasteiger partial charge in [0.05, 0.1) is 6.54 Å². The molecule has 0 aliphatic carbocycles. The van der Waals surface area contributed by atoms with Crippen molar-refractivity contribution in [2.45, 2.75) is 38.6 Å². The van der Waals surface area contributed by atoms with E-state index in [0.717, 1.165) is 11.1 Å². The van der Waals surface area contributed by atoms with Crippen LogP contribution >= 0.6 is 0 Å². The third-order valence-corrected chi connectivity index (χ3v) is 4.39. The fraction of sp³-hybridized carbons (Fsp3) is 0.588. The highest BCUT2D eigenvalue weighted by molar-refractivity contribution is 5.78. The molecule has 0 spiro atoms. The van der Waals surface area contributed by atoms with Crippen LogP contribution in [-0.4, -0.2) is 47.8 Å². The Kier molecular flexibility index (Phi) is 6.23. The first kappa shape index (κ1) is 18.7. The summed E-state index contributed by atoms with van der Waals surface area (Å²) in [5, 5.41) is 12.1. The van der Waals surface area contributed by atoms with Gasteiger partial charge in [-0.3, -0.25) is 9.69 Å². The number of nitrogens with one attached hydrogen (secondary N) is 1. The Labute approximate surface area is 139 Å². The lowest BCUT2D eigenvalue weighted by atomic mass is 9.91. The molecule has 2 N–H and O–H groups in total. The van der Waals surface area contributed by atoms with Gasteiger partial charge in [-0.2, -0.15) is 13.2 Å². The zero-order valence-electron chi connectivity index (χ0n) is 13.6. The molecule has 1 aromatic rings. The summed E-state index contributed by atoms with van der Waals surface area (Å²) in [5.74, 6) is -0.928. The number of benzene rings is 1. The highest BCUT2D eigenvalue weighted by Gasteiger charge is 2.44. The molecule has 1 aliphatic heterocycles. The molecule has 0 aromatic heterocycles. The van der Waals surface area contributed by atoms with Gasteiger partial charge < -0.3 is 10.4 Å². The van der Waals surface area contributed by atoms with Crippen molar-refractivity contribution in [2.24, 2.45) is 5.92 Å². The second-order valence-corrected chi connectivity index (χ2v) is 6.36. The van der Waals surface area contributed by atoms with Gasteiger partial charge in [0.1, 0.15) is 0 Å². The minimum Gasteiger partial charge on any atom is -0.383 e. The predicted molar refractivity (Wildman–Crippen MR) is 84.3 cm³/mol. The Hall–Kier alpha value is -1.60. The van der Waals surface area contributed by atoms with Crippen molar-refractivity contribution in [2.75, 3.05) is 19.6 Å². The van der Waals surface area contributed by atoms with Gasteiger partial charge in [0, 0.05) is 6.54 Å². The fourth-order valence-electron chi connectivity index (χ4n) is 2.86. The molecular formula is C17H23F3N2O2. The summed E-state index contributed by atoms with van der Waals surface area (Å²) in [7, 11) is 0. The van der Waals surface area contributed by atoms with Gasteiger partial charge in [-0.05, 0) is 44.3 Å². The first-order chi connectivity index (χ1) is 11.3. The standard InChI is InChI=1S/C17H23F3N2O2/c1-12-2-4-13(5-3-12)10-21-15(23)11-22-8-6-14(7-9-22)16(24)17(18,19)20/h2-5,14,16,24H,6-11H2,1H3,(H,21,23). The van der Waals surface area contributed by atoms with Crippen LogP contribution in [0.5, 0.6) is 0 Å². The van der Waals surface area contributed by atoms with Crippen molar-refractivity contribution in [1.82, 2.24) is 10.2 Å². The van der Waals surface area contributed by atoms with Crippen LogP contribution in [0.15, 0.2) is 24.3 Å². The van der Waals surface area contributed by atoms with Crippen LogP contribution in [0.2, 0.25) is 0 Å². The normalized spacial score (nSPS) is 18.4. The Morgan fingerprint density at radius 1 is 1.29 bits per heavy atom. The second-order valence-electron chi connectivity index (χ2n) is 6.36. The molecular weight excluding hydrogens is 321 g/mol. The minimum atomic E-state index is -4.57. The summed E-state index contributed by atoms with van der Waals surface area (Å²) >= 11 is 0. The van der Waals surface area contributed by atoms with E-state index in [1.807, 2.05) is 36.1 Å². The zero-order valence-corrected chi connectivity index (χ0v) is 13.6. The molecule has 0 bridgehead atoms. The maximum absolute atomic E-state index is 12.5. The van der Waals surface area contributed by atoms with E-state index in [4.69, 9.17) is 0 Å². The number of carbonyl (C=O) groups excluding carboxylic acids is 1. The first-order valence-corrected chi connectivity index (χ1v) is 8.05. The van der Waals surface area contributed by atoms with Gasteiger partial charge in [-0.1, -0.05) is 29.8 Å². The number of carbonyl (C=O) groups is 1. The molecule has 1 fully saturated rings. The lowest BCUT2D eigenvalue weighted by Crippen LogP contribution is -2.46. The number of aliphatic hydroxyl groups excluding tert-OH is 1. The van der Waals surface area contributed by atoms with Gasteiger partial charge in [0.2, 0.25) is 5.91 Å². The van der Waals surface area contributed by atoms with Crippen molar-refractivity contribution < 1.29 is 23.1 Å². The number of rotatable bonds is 5. The maximum atomic E-state index is 12.5. The molecule has 1 heterocycles. The first-order valence-electron chi connectivity index (χ1n) is 8.05. The number of alkyl halides is 3. The van der Waals surface area contributed by atoms with Crippen LogP contribution < -0.4 is 5.32 Å². The molecule has 1 unspecified atom stereocenters. The highest BCUT2D eigenvalue weighted by Crippen LogP contribution is 2.31. The van der Waals surface area contributed by atoms with E-state index in [9.17, 15) is 23.1 Å². The molecule has 7 heteroatoms. The predicted octanol–water partition coefficient (Wildman–Crippen LogP) is 2.25. The number of aliphatic hydroxyl groups is 1. The maximum Gasteiger partial charge on any atom is 0.414 e. The molecule has 1 atom stereocenters. The molecule has 2 rings (SSSR count). The fourth-order valence-corrected chi connectivity index (χ4v) is 2.86. The van der Waals surface area contributed by atoms with Crippen molar-refractivity contribution >= 4 is 5.91 Å². The summed E-state index contributed by atoms with van der Waals surface area (Å²) in [5.41, 5.74) is 2.15. The summed E-state index contributed by atoms with van der Waals surface area (Å²) < 4.78 is 37.5. The van der Waals surface area contributed by atoms with Gasteiger partial charge in [0.25, 0.3) is 0 Å². The van der Waals surface area contributed by atoms with Gasteiger partial charge >= 0.3 is 6.18 Å². The SMILES string of the molecule is Cc1ccc(CNC(=O)CN2CCC(C(O)C(F)(F)F)CC2)cc1. The lowest BCUT2D eigenvalue weighted by molar-refractivity contribution is -0.223. The van der Waals surface area contributed by atoms with Crippen molar-refractivity contribution in [3.05, 3.63) is 35.4 Å². The van der Waals surface area contributed by atoms with Gasteiger partial charge in [-0.25, -0.2) is 0 Å². The van der Waals surface area contributed by atoms with Crippen LogP contribution in [0.1, 0.15) is 24.0 Å². The largest absolute Gasteiger partial charge is 0.414 e. The Morgan fingerprint density at radius 2 is 1.88 bits per heavy atom. The number of hydrogen-bond acceptors (Lipinski definition) is 3. The van der Waals surface area contributed by atoms with Gasteiger partial charge in [-0.15, -0.1) is 0 Å². The van der Waals surface area contributed by atoms with Crippen LogP contribution in [0.4, 0.5) is 13.2 Å². The van der Waals surface area contributed by atoms with E-state index in [0.29, 0.717) is 19.6 Å². The molecule has 4 nitrogen and oxygen atoms in total. The van der Waals surface area contributed by atoms with E-state index < -0.39 is 18.2 Å². The molecule has 0 saturated carbocycles. The summed E-state index contributed by atoms with van der Waals surface area (Å²) in [6.45, 7) is 3.36. The highest BCUT2D eigenvalue weighted by atomic mass is 19.4. The lowest BCUT2D eigenvalue weighted by Gasteiger charge is -2.34. The van der Waals surface area contributed by atoms with E-state index in [1.165, 1.54) is 0 Å². The third-order valence-electron chi connectivity index (χ3n) is 4.39. The van der Waals surface area contributed by atoms with E-state index in [2.05, 4.69) is 5.32 Å². The van der Waals surface area contributed by atoms with Crippen molar-refractivity contribution in [3.63, 3.8) is 0 Å². The third kappa shape index (κ3) is 5.49. The molecule has 1 aromatic carbocycles. The van der Waals surface area contributed by atoms with Crippen LogP contribution in [0.3, 0.4) is 0 Å². The van der Waals surface area contributed by atoms with E-state index >= 15 is 0 Å². The Morgan fingerprint density at radius 3 is 2.42 bits per heavy atom. The number of likely N-dealkylation sites (tertiary alicyclic amines) is 1. The number of amides is 1.